The molecule has 0 unspecified atom stereocenters. The Balaban J connectivity index is 1.81. The van der Waals surface area contributed by atoms with Gasteiger partial charge in [-0.2, -0.15) is 0 Å². The van der Waals surface area contributed by atoms with E-state index >= 15 is 0 Å². The highest BCUT2D eigenvalue weighted by atomic mass is 16.5. The number of carbonyl (C=O) groups is 2. The normalized spacial score (nSPS) is 33.7. The molecule has 0 aromatic carbocycles. The van der Waals surface area contributed by atoms with Crippen molar-refractivity contribution >= 4 is 11.8 Å². The van der Waals surface area contributed by atoms with Crippen molar-refractivity contribution in [2.45, 2.75) is 32.2 Å². The van der Waals surface area contributed by atoms with Crippen LogP contribution in [0.25, 0.3) is 0 Å². The molecule has 3 rings (SSSR count). The van der Waals surface area contributed by atoms with E-state index in [4.69, 9.17) is 4.74 Å². The van der Waals surface area contributed by atoms with Crippen LogP contribution in [0.5, 0.6) is 0 Å². The lowest BCUT2D eigenvalue weighted by molar-refractivity contribution is -0.169. The molecule has 0 aromatic heterocycles. The minimum absolute atomic E-state index is 0.00829. The molecule has 106 valence electrons. The molecule has 0 radical (unpaired) electrons. The van der Waals surface area contributed by atoms with Gasteiger partial charge in [-0.25, -0.2) is 0 Å². The van der Waals surface area contributed by atoms with Gasteiger partial charge < -0.3 is 14.5 Å². The summed E-state index contributed by atoms with van der Waals surface area (Å²) in [5, 5.41) is 0. The monoisotopic (exact) mass is 266 g/mol. The van der Waals surface area contributed by atoms with Crippen LogP contribution in [0.3, 0.4) is 0 Å². The van der Waals surface area contributed by atoms with Gasteiger partial charge in [0.2, 0.25) is 11.8 Å². The van der Waals surface area contributed by atoms with Crippen molar-refractivity contribution in [2.24, 2.45) is 11.3 Å². The molecule has 0 aliphatic carbocycles. The lowest BCUT2D eigenvalue weighted by Crippen LogP contribution is -2.55. The molecule has 2 atom stereocenters. The lowest BCUT2D eigenvalue weighted by atomic mass is 9.86. The first-order chi connectivity index (χ1) is 9.01. The van der Waals surface area contributed by atoms with Crippen LogP contribution in [0.2, 0.25) is 0 Å². The molecule has 3 aliphatic rings. The number of hydrogen-bond donors (Lipinski definition) is 0. The minimum Gasteiger partial charge on any atom is -0.379 e. The number of ether oxygens (including phenoxy) is 1. The molecule has 2 bridgehead atoms. The second kappa shape index (κ2) is 4.47. The van der Waals surface area contributed by atoms with E-state index in [9.17, 15) is 9.59 Å². The number of fused-ring (bicyclic) bond motifs is 3. The zero-order valence-electron chi connectivity index (χ0n) is 11.7. The molecular formula is C14H22N2O3. The van der Waals surface area contributed by atoms with Crippen LogP contribution in [0, 0.1) is 11.3 Å². The van der Waals surface area contributed by atoms with Crippen LogP contribution < -0.4 is 0 Å². The Kier molecular flexibility index (Phi) is 3.04. The number of rotatable bonds is 1. The van der Waals surface area contributed by atoms with Crippen LogP contribution in [-0.4, -0.2) is 61.0 Å². The van der Waals surface area contributed by atoms with Crippen LogP contribution in [0.1, 0.15) is 26.2 Å². The third-order valence-corrected chi connectivity index (χ3v) is 4.85. The van der Waals surface area contributed by atoms with Gasteiger partial charge in [-0.3, -0.25) is 9.59 Å². The average Bonchev–Trinajstić information content (AvgIpc) is 2.52. The van der Waals surface area contributed by atoms with Crippen LogP contribution in [0.15, 0.2) is 0 Å². The van der Waals surface area contributed by atoms with Gasteiger partial charge in [-0.15, -0.1) is 0 Å². The summed E-state index contributed by atoms with van der Waals surface area (Å²) in [6.07, 6.45) is 3.01. The molecule has 5 heteroatoms. The van der Waals surface area contributed by atoms with E-state index in [1.807, 2.05) is 23.8 Å². The number of nitrogens with zero attached hydrogens (tertiary/aromatic N) is 2. The molecule has 3 fully saturated rings. The standard InChI is InChI=1S/C14H22N2O3/c1-14(8-19-9-14)13(18)16-6-10-4-3-5-11(7-16)15(2)12(10)17/h10-11H,3-9H2,1-2H3/t10-,11+/m1/s1. The average molecular weight is 266 g/mol. The Morgan fingerprint density at radius 2 is 2.05 bits per heavy atom. The number of likely N-dealkylation sites (tertiary alicyclic amines) is 1. The first-order valence-electron chi connectivity index (χ1n) is 7.15. The smallest absolute Gasteiger partial charge is 0.233 e. The van der Waals surface area contributed by atoms with Crippen molar-refractivity contribution in [1.82, 2.24) is 9.80 Å². The fourth-order valence-corrected chi connectivity index (χ4v) is 3.44. The van der Waals surface area contributed by atoms with Gasteiger partial charge in [-0.1, -0.05) is 6.42 Å². The van der Waals surface area contributed by atoms with Gasteiger partial charge in [0.25, 0.3) is 0 Å². The molecule has 5 nitrogen and oxygen atoms in total. The highest BCUT2D eigenvalue weighted by Crippen LogP contribution is 2.33. The second-order valence-corrected chi connectivity index (χ2v) is 6.49. The number of carbonyl (C=O) groups excluding carboxylic acids is 2. The maximum absolute atomic E-state index is 12.6. The SMILES string of the molecule is CN1C(=O)[C@@H]2CCC[C@H]1CN(C(=O)C1(C)COC1)C2. The molecule has 0 spiro atoms. The van der Waals surface area contributed by atoms with Gasteiger partial charge in [0.1, 0.15) is 0 Å². The number of amides is 2. The van der Waals surface area contributed by atoms with Gasteiger partial charge in [0.05, 0.1) is 24.5 Å². The maximum Gasteiger partial charge on any atom is 0.233 e. The van der Waals surface area contributed by atoms with Crippen molar-refractivity contribution in [3.8, 4) is 0 Å². The summed E-state index contributed by atoms with van der Waals surface area (Å²) >= 11 is 0. The predicted molar refractivity (Wildman–Crippen MR) is 69.4 cm³/mol. The van der Waals surface area contributed by atoms with E-state index in [0.29, 0.717) is 26.3 Å². The van der Waals surface area contributed by atoms with E-state index in [0.717, 1.165) is 19.3 Å². The molecule has 19 heavy (non-hydrogen) atoms. The van der Waals surface area contributed by atoms with E-state index in [-0.39, 0.29) is 29.2 Å². The fraction of sp³-hybridized carbons (Fsp3) is 0.857. The quantitative estimate of drug-likeness (QED) is 0.694. The Bertz CT molecular complexity index is 405. The maximum atomic E-state index is 12.6. The van der Waals surface area contributed by atoms with Gasteiger partial charge in [-0.05, 0) is 19.8 Å². The van der Waals surface area contributed by atoms with E-state index in [1.54, 1.807) is 0 Å². The van der Waals surface area contributed by atoms with E-state index in [2.05, 4.69) is 0 Å². The van der Waals surface area contributed by atoms with Crippen LogP contribution >= 0.6 is 0 Å². The lowest BCUT2D eigenvalue weighted by Gasteiger charge is -2.41. The Morgan fingerprint density at radius 3 is 2.68 bits per heavy atom. The highest BCUT2D eigenvalue weighted by molar-refractivity contribution is 5.86. The molecule has 0 N–H and O–H groups in total. The zero-order valence-corrected chi connectivity index (χ0v) is 11.7. The second-order valence-electron chi connectivity index (χ2n) is 6.49. The summed E-state index contributed by atoms with van der Waals surface area (Å²) in [7, 11) is 1.88. The molecule has 0 saturated carbocycles. The van der Waals surface area contributed by atoms with Gasteiger partial charge >= 0.3 is 0 Å². The third kappa shape index (κ3) is 2.04. The summed E-state index contributed by atoms with van der Waals surface area (Å²) in [5.74, 6) is 0.373. The number of hydrogen-bond acceptors (Lipinski definition) is 3. The fourth-order valence-electron chi connectivity index (χ4n) is 3.44. The molecular weight excluding hydrogens is 244 g/mol. The largest absolute Gasteiger partial charge is 0.379 e. The summed E-state index contributed by atoms with van der Waals surface area (Å²) in [4.78, 5) is 28.7. The molecule has 3 aliphatic heterocycles. The Morgan fingerprint density at radius 1 is 1.32 bits per heavy atom. The van der Waals surface area contributed by atoms with Crippen LogP contribution in [-0.2, 0) is 14.3 Å². The van der Waals surface area contributed by atoms with E-state index in [1.165, 1.54) is 0 Å². The van der Waals surface area contributed by atoms with Crippen LogP contribution in [0.4, 0.5) is 0 Å². The third-order valence-electron chi connectivity index (χ3n) is 4.85. The molecule has 3 heterocycles. The molecule has 2 amide bonds. The Hall–Kier alpha value is -1.10. The summed E-state index contributed by atoms with van der Waals surface area (Å²) in [6.45, 7) is 4.27. The predicted octanol–water partition coefficient (Wildman–Crippen LogP) is 0.492. The van der Waals surface area contributed by atoms with Crippen molar-refractivity contribution in [3.63, 3.8) is 0 Å². The highest BCUT2D eigenvalue weighted by Gasteiger charge is 2.46. The van der Waals surface area contributed by atoms with Gasteiger partial charge in [0.15, 0.2) is 0 Å². The van der Waals surface area contributed by atoms with Crippen molar-refractivity contribution in [2.75, 3.05) is 33.4 Å². The molecule has 0 aromatic rings. The zero-order chi connectivity index (χ0) is 13.6. The van der Waals surface area contributed by atoms with Crippen molar-refractivity contribution in [1.29, 1.82) is 0 Å². The Labute approximate surface area is 113 Å². The van der Waals surface area contributed by atoms with Crippen molar-refractivity contribution < 1.29 is 14.3 Å². The summed E-state index contributed by atoms with van der Waals surface area (Å²) in [5.41, 5.74) is -0.361. The first kappa shape index (κ1) is 12.9. The topological polar surface area (TPSA) is 49.9 Å². The first-order valence-corrected chi connectivity index (χ1v) is 7.15. The van der Waals surface area contributed by atoms with Crippen molar-refractivity contribution in [3.05, 3.63) is 0 Å². The summed E-state index contributed by atoms with van der Waals surface area (Å²) < 4.78 is 5.19. The van der Waals surface area contributed by atoms with Gasteiger partial charge in [0, 0.05) is 26.2 Å². The minimum atomic E-state index is -0.361. The van der Waals surface area contributed by atoms with E-state index < -0.39 is 0 Å². The molecule has 3 saturated heterocycles. The summed E-state index contributed by atoms with van der Waals surface area (Å²) in [6, 6.07) is 0.188. The number of likely N-dealkylation sites (N-methyl/N-ethyl adjacent to an activating group) is 1.